The molecule has 0 unspecified atom stereocenters. The Bertz CT molecular complexity index is 418. The summed E-state index contributed by atoms with van der Waals surface area (Å²) in [5.74, 6) is -0.383. The predicted octanol–water partition coefficient (Wildman–Crippen LogP) is 1.89. The summed E-state index contributed by atoms with van der Waals surface area (Å²) in [6.07, 6.45) is 1.71. The van der Waals surface area contributed by atoms with Gasteiger partial charge in [-0.3, -0.25) is 0 Å². The van der Waals surface area contributed by atoms with E-state index in [9.17, 15) is 4.79 Å². The minimum absolute atomic E-state index is 0.383. The van der Waals surface area contributed by atoms with Crippen molar-refractivity contribution in [1.29, 1.82) is 0 Å². The summed E-state index contributed by atoms with van der Waals surface area (Å²) in [7, 11) is 0. The zero-order chi connectivity index (χ0) is 9.97. The third-order valence-corrected chi connectivity index (χ3v) is 2.03. The van der Waals surface area contributed by atoms with Gasteiger partial charge in [0.25, 0.3) is 0 Å². The molecule has 0 N–H and O–H groups in total. The Labute approximate surface area is 81.7 Å². The van der Waals surface area contributed by atoms with Crippen LogP contribution >= 0.6 is 0 Å². The fourth-order valence-corrected chi connectivity index (χ4v) is 1.34. The van der Waals surface area contributed by atoms with Crippen molar-refractivity contribution in [1.82, 2.24) is 0 Å². The van der Waals surface area contributed by atoms with E-state index in [1.165, 1.54) is 0 Å². The summed E-state index contributed by atoms with van der Waals surface area (Å²) in [5, 5.41) is 3.74. The molecule has 0 radical (unpaired) electrons. The Morgan fingerprint density at radius 1 is 1.29 bits per heavy atom. The molecular formula is C11H9NO2. The van der Waals surface area contributed by atoms with Crippen LogP contribution in [-0.4, -0.2) is 11.7 Å². The van der Waals surface area contributed by atoms with Gasteiger partial charge >= 0.3 is 5.97 Å². The van der Waals surface area contributed by atoms with Crippen LogP contribution < -0.4 is 0 Å². The van der Waals surface area contributed by atoms with Gasteiger partial charge in [0.05, 0.1) is 5.57 Å². The lowest BCUT2D eigenvalue weighted by atomic mass is 10.0. The van der Waals surface area contributed by atoms with Crippen LogP contribution in [0.15, 0.2) is 47.1 Å². The smallest absolute Gasteiger partial charge is 0.312 e. The first-order valence-electron chi connectivity index (χ1n) is 4.34. The zero-order valence-electron chi connectivity index (χ0n) is 7.73. The molecule has 1 aliphatic rings. The highest BCUT2D eigenvalue weighted by Crippen LogP contribution is 2.17. The Balaban J connectivity index is 2.42. The number of carbonyl (C=O) groups is 1. The van der Waals surface area contributed by atoms with Gasteiger partial charge in [-0.2, -0.15) is 0 Å². The molecule has 70 valence electrons. The van der Waals surface area contributed by atoms with E-state index in [1.54, 1.807) is 13.0 Å². The molecular weight excluding hydrogens is 178 g/mol. The fourth-order valence-electron chi connectivity index (χ4n) is 1.34. The van der Waals surface area contributed by atoms with E-state index in [2.05, 4.69) is 9.99 Å². The van der Waals surface area contributed by atoms with Crippen LogP contribution in [0.4, 0.5) is 0 Å². The average Bonchev–Trinajstić information content (AvgIpc) is 2.61. The van der Waals surface area contributed by atoms with E-state index in [-0.39, 0.29) is 5.97 Å². The highest BCUT2D eigenvalue weighted by atomic mass is 16.7. The van der Waals surface area contributed by atoms with Crippen molar-refractivity contribution in [3.05, 3.63) is 47.5 Å². The van der Waals surface area contributed by atoms with E-state index >= 15 is 0 Å². The molecule has 0 saturated heterocycles. The number of allylic oxidation sites excluding steroid dienone is 1. The largest absolute Gasteiger partial charge is 0.367 e. The minimum atomic E-state index is -0.383. The molecule has 0 aliphatic carbocycles. The third-order valence-electron chi connectivity index (χ3n) is 2.03. The standard InChI is InChI=1S/C11H9NO2/c1-2-9-10(12-14-11(9)13)8-6-4-3-5-7-8/h2-7H,1H3/b9-2+. The Hall–Kier alpha value is -1.90. The number of benzene rings is 1. The van der Waals surface area contributed by atoms with Crippen molar-refractivity contribution in [2.75, 3.05) is 0 Å². The van der Waals surface area contributed by atoms with Crippen molar-refractivity contribution in [3.8, 4) is 0 Å². The summed E-state index contributed by atoms with van der Waals surface area (Å²) >= 11 is 0. The van der Waals surface area contributed by atoms with Crippen LogP contribution in [0.1, 0.15) is 12.5 Å². The van der Waals surface area contributed by atoms with Crippen molar-refractivity contribution in [2.45, 2.75) is 6.92 Å². The van der Waals surface area contributed by atoms with Gasteiger partial charge < -0.3 is 4.84 Å². The first-order valence-corrected chi connectivity index (χ1v) is 4.34. The molecule has 2 rings (SSSR count). The molecule has 1 aromatic rings. The van der Waals surface area contributed by atoms with E-state index in [0.717, 1.165) is 5.56 Å². The maximum Gasteiger partial charge on any atom is 0.367 e. The van der Waals surface area contributed by atoms with Crippen LogP contribution in [0.5, 0.6) is 0 Å². The number of nitrogens with zero attached hydrogens (tertiary/aromatic N) is 1. The monoisotopic (exact) mass is 187 g/mol. The second kappa shape index (κ2) is 3.46. The number of hydrogen-bond donors (Lipinski definition) is 0. The second-order valence-electron chi connectivity index (χ2n) is 2.89. The van der Waals surface area contributed by atoms with E-state index in [1.807, 2.05) is 30.3 Å². The Morgan fingerprint density at radius 2 is 2.00 bits per heavy atom. The first-order chi connectivity index (χ1) is 6.83. The predicted molar refractivity (Wildman–Crippen MR) is 52.8 cm³/mol. The van der Waals surface area contributed by atoms with Gasteiger partial charge in [-0.1, -0.05) is 41.6 Å². The van der Waals surface area contributed by atoms with Gasteiger partial charge in [0.2, 0.25) is 0 Å². The average molecular weight is 187 g/mol. The molecule has 0 amide bonds. The molecule has 0 spiro atoms. The van der Waals surface area contributed by atoms with Gasteiger partial charge in [-0.05, 0) is 6.92 Å². The summed E-state index contributed by atoms with van der Waals surface area (Å²) in [5.41, 5.74) is 2.03. The summed E-state index contributed by atoms with van der Waals surface area (Å²) in [6, 6.07) is 9.49. The molecule has 3 nitrogen and oxygen atoms in total. The lowest BCUT2D eigenvalue weighted by molar-refractivity contribution is -0.136. The van der Waals surface area contributed by atoms with Crippen molar-refractivity contribution >= 4 is 11.7 Å². The zero-order valence-corrected chi connectivity index (χ0v) is 7.73. The molecule has 14 heavy (non-hydrogen) atoms. The first kappa shape index (κ1) is 8.69. The van der Waals surface area contributed by atoms with Gasteiger partial charge in [0, 0.05) is 5.56 Å². The quantitative estimate of drug-likeness (QED) is 0.497. The second-order valence-corrected chi connectivity index (χ2v) is 2.89. The van der Waals surface area contributed by atoms with E-state index in [4.69, 9.17) is 0 Å². The summed E-state index contributed by atoms with van der Waals surface area (Å²) in [4.78, 5) is 15.8. The molecule has 3 heteroatoms. The number of hydrogen-bond acceptors (Lipinski definition) is 3. The fraction of sp³-hybridized carbons (Fsp3) is 0.0909. The van der Waals surface area contributed by atoms with Crippen molar-refractivity contribution in [2.24, 2.45) is 5.16 Å². The SMILES string of the molecule is C/C=C1/C(=O)ON=C1c1ccccc1. The molecule has 1 aliphatic heterocycles. The van der Waals surface area contributed by atoms with Crippen LogP contribution in [0, 0.1) is 0 Å². The van der Waals surface area contributed by atoms with Gasteiger partial charge in [0.1, 0.15) is 5.71 Å². The highest BCUT2D eigenvalue weighted by Gasteiger charge is 2.25. The normalized spacial score (nSPS) is 18.2. The maximum atomic E-state index is 11.2. The maximum absolute atomic E-state index is 11.2. The van der Waals surface area contributed by atoms with Gasteiger partial charge in [-0.25, -0.2) is 4.79 Å². The van der Waals surface area contributed by atoms with Crippen LogP contribution in [0.3, 0.4) is 0 Å². The molecule has 0 bridgehead atoms. The van der Waals surface area contributed by atoms with Gasteiger partial charge in [0.15, 0.2) is 0 Å². The van der Waals surface area contributed by atoms with Gasteiger partial charge in [-0.15, -0.1) is 0 Å². The molecule has 0 fully saturated rings. The van der Waals surface area contributed by atoms with E-state index in [0.29, 0.717) is 11.3 Å². The molecule has 0 aromatic heterocycles. The number of carbonyl (C=O) groups excluding carboxylic acids is 1. The topological polar surface area (TPSA) is 38.7 Å². The Morgan fingerprint density at radius 3 is 2.64 bits per heavy atom. The molecule has 1 aromatic carbocycles. The van der Waals surface area contributed by atoms with Crippen molar-refractivity contribution < 1.29 is 9.63 Å². The number of rotatable bonds is 1. The summed E-state index contributed by atoms with van der Waals surface area (Å²) in [6.45, 7) is 1.79. The molecule has 1 heterocycles. The van der Waals surface area contributed by atoms with Crippen LogP contribution in [0.25, 0.3) is 0 Å². The van der Waals surface area contributed by atoms with Crippen LogP contribution in [-0.2, 0) is 9.63 Å². The Kier molecular flexibility index (Phi) is 2.14. The van der Waals surface area contributed by atoms with Crippen LogP contribution in [0.2, 0.25) is 0 Å². The molecule has 0 saturated carbocycles. The minimum Gasteiger partial charge on any atom is -0.312 e. The van der Waals surface area contributed by atoms with E-state index < -0.39 is 0 Å². The number of oxime groups is 1. The lowest BCUT2D eigenvalue weighted by Gasteiger charge is -1.97. The summed E-state index contributed by atoms with van der Waals surface area (Å²) < 4.78 is 0. The highest BCUT2D eigenvalue weighted by molar-refractivity contribution is 6.28. The van der Waals surface area contributed by atoms with Crippen molar-refractivity contribution in [3.63, 3.8) is 0 Å². The lowest BCUT2D eigenvalue weighted by Crippen LogP contribution is -2.06. The molecule has 0 atom stereocenters. The third kappa shape index (κ3) is 1.33.